The predicted octanol–water partition coefficient (Wildman–Crippen LogP) is 1.89. The van der Waals surface area contributed by atoms with Crippen LogP contribution in [0.25, 0.3) is 0 Å². The standard InChI is InChI=1S/C11H12N2O3/c1-7-5-9-6-10(13(15)16)3-4-11(9)12(7)8(2)14/h3-4,6-7H,5H2,1-2H3. The first-order valence-electron chi connectivity index (χ1n) is 5.08. The molecule has 0 N–H and O–H groups in total. The van der Waals surface area contributed by atoms with Crippen molar-refractivity contribution in [3.63, 3.8) is 0 Å². The molecule has 1 aromatic carbocycles. The zero-order valence-corrected chi connectivity index (χ0v) is 9.14. The van der Waals surface area contributed by atoms with E-state index in [9.17, 15) is 14.9 Å². The first-order valence-corrected chi connectivity index (χ1v) is 5.08. The second-order valence-corrected chi connectivity index (χ2v) is 4.01. The number of rotatable bonds is 1. The van der Waals surface area contributed by atoms with Crippen molar-refractivity contribution in [2.45, 2.75) is 26.3 Å². The Balaban J connectivity index is 2.46. The Hall–Kier alpha value is -1.91. The molecule has 0 aromatic heterocycles. The van der Waals surface area contributed by atoms with Crippen LogP contribution < -0.4 is 4.90 Å². The maximum absolute atomic E-state index is 11.4. The van der Waals surface area contributed by atoms with Gasteiger partial charge in [0.2, 0.25) is 5.91 Å². The van der Waals surface area contributed by atoms with Crippen LogP contribution in [0.5, 0.6) is 0 Å². The van der Waals surface area contributed by atoms with Gasteiger partial charge in [-0.15, -0.1) is 0 Å². The van der Waals surface area contributed by atoms with Crippen LogP contribution in [0.3, 0.4) is 0 Å². The molecule has 0 aliphatic carbocycles. The highest BCUT2D eigenvalue weighted by atomic mass is 16.6. The van der Waals surface area contributed by atoms with Crippen molar-refractivity contribution in [3.8, 4) is 0 Å². The molecular formula is C11H12N2O3. The van der Waals surface area contributed by atoms with Crippen LogP contribution >= 0.6 is 0 Å². The fourth-order valence-corrected chi connectivity index (χ4v) is 2.21. The van der Waals surface area contributed by atoms with Crippen LogP contribution in [0.4, 0.5) is 11.4 Å². The minimum absolute atomic E-state index is 0.0277. The van der Waals surface area contributed by atoms with Crippen LogP contribution in [0.15, 0.2) is 18.2 Å². The number of anilines is 1. The summed E-state index contributed by atoms with van der Waals surface area (Å²) in [4.78, 5) is 23.3. The van der Waals surface area contributed by atoms with Crippen LogP contribution in [0.1, 0.15) is 19.4 Å². The van der Waals surface area contributed by atoms with E-state index in [1.807, 2.05) is 6.92 Å². The molecule has 0 saturated heterocycles. The number of amides is 1. The Morgan fingerprint density at radius 1 is 1.56 bits per heavy atom. The minimum atomic E-state index is -0.415. The predicted molar refractivity (Wildman–Crippen MR) is 59.4 cm³/mol. The van der Waals surface area contributed by atoms with Crippen LogP contribution in [-0.4, -0.2) is 16.9 Å². The van der Waals surface area contributed by atoms with Crippen LogP contribution in [-0.2, 0) is 11.2 Å². The molecule has 1 aliphatic heterocycles. The summed E-state index contributed by atoms with van der Waals surface area (Å²) in [7, 11) is 0. The van der Waals surface area contributed by atoms with Gasteiger partial charge in [0.15, 0.2) is 0 Å². The van der Waals surface area contributed by atoms with E-state index in [1.165, 1.54) is 13.0 Å². The quantitative estimate of drug-likeness (QED) is 0.536. The van der Waals surface area contributed by atoms with E-state index in [4.69, 9.17) is 0 Å². The third kappa shape index (κ3) is 1.54. The van der Waals surface area contributed by atoms with E-state index in [2.05, 4.69) is 0 Å². The fourth-order valence-electron chi connectivity index (χ4n) is 2.21. The lowest BCUT2D eigenvalue weighted by Crippen LogP contribution is -2.33. The summed E-state index contributed by atoms with van der Waals surface area (Å²) < 4.78 is 0. The topological polar surface area (TPSA) is 63.5 Å². The van der Waals surface area contributed by atoms with Gasteiger partial charge < -0.3 is 4.90 Å². The molecule has 2 rings (SSSR count). The lowest BCUT2D eigenvalue weighted by Gasteiger charge is -2.20. The third-order valence-corrected chi connectivity index (χ3v) is 2.83. The number of carbonyl (C=O) groups is 1. The van der Waals surface area contributed by atoms with Gasteiger partial charge in [0.25, 0.3) is 5.69 Å². The largest absolute Gasteiger partial charge is 0.309 e. The van der Waals surface area contributed by atoms with E-state index >= 15 is 0 Å². The highest BCUT2D eigenvalue weighted by Gasteiger charge is 2.29. The van der Waals surface area contributed by atoms with Crippen molar-refractivity contribution < 1.29 is 9.72 Å². The number of benzene rings is 1. The molecular weight excluding hydrogens is 208 g/mol. The zero-order chi connectivity index (χ0) is 11.9. The second kappa shape index (κ2) is 3.59. The summed E-state index contributed by atoms with van der Waals surface area (Å²) in [6, 6.07) is 4.72. The van der Waals surface area contributed by atoms with Crippen molar-refractivity contribution in [1.82, 2.24) is 0 Å². The summed E-state index contributed by atoms with van der Waals surface area (Å²) >= 11 is 0. The Bertz CT molecular complexity index is 470. The molecule has 0 spiro atoms. The van der Waals surface area contributed by atoms with Crippen molar-refractivity contribution in [1.29, 1.82) is 0 Å². The van der Waals surface area contributed by atoms with Gasteiger partial charge in [-0.25, -0.2) is 0 Å². The molecule has 0 fully saturated rings. The van der Waals surface area contributed by atoms with E-state index in [0.29, 0.717) is 6.42 Å². The van der Waals surface area contributed by atoms with Gasteiger partial charge in [0, 0.05) is 30.8 Å². The van der Waals surface area contributed by atoms with Gasteiger partial charge >= 0.3 is 0 Å². The lowest BCUT2D eigenvalue weighted by atomic mass is 10.1. The maximum atomic E-state index is 11.4. The van der Waals surface area contributed by atoms with Crippen LogP contribution in [0.2, 0.25) is 0 Å². The molecule has 1 unspecified atom stereocenters. The van der Waals surface area contributed by atoms with E-state index < -0.39 is 4.92 Å². The number of nitrogens with zero attached hydrogens (tertiary/aromatic N) is 2. The van der Waals surface area contributed by atoms with Gasteiger partial charge in [-0.05, 0) is 25.0 Å². The molecule has 1 aromatic rings. The number of hydrogen-bond acceptors (Lipinski definition) is 3. The molecule has 84 valence electrons. The molecule has 0 saturated carbocycles. The molecule has 1 aliphatic rings. The number of non-ortho nitro benzene ring substituents is 1. The van der Waals surface area contributed by atoms with Gasteiger partial charge in [0.05, 0.1) is 4.92 Å². The second-order valence-electron chi connectivity index (χ2n) is 4.01. The third-order valence-electron chi connectivity index (χ3n) is 2.83. The first kappa shape index (κ1) is 10.6. The van der Waals surface area contributed by atoms with Crippen molar-refractivity contribution >= 4 is 17.3 Å². The number of fused-ring (bicyclic) bond motifs is 1. The Labute approximate surface area is 92.8 Å². The number of carbonyl (C=O) groups excluding carboxylic acids is 1. The van der Waals surface area contributed by atoms with Crippen molar-refractivity contribution in [2.24, 2.45) is 0 Å². The normalized spacial score (nSPS) is 18.4. The molecule has 16 heavy (non-hydrogen) atoms. The number of nitro groups is 1. The molecule has 1 heterocycles. The highest BCUT2D eigenvalue weighted by molar-refractivity contribution is 5.94. The number of hydrogen-bond donors (Lipinski definition) is 0. The zero-order valence-electron chi connectivity index (χ0n) is 9.14. The van der Waals surface area contributed by atoms with Gasteiger partial charge in [-0.1, -0.05) is 0 Å². The van der Waals surface area contributed by atoms with Crippen molar-refractivity contribution in [2.75, 3.05) is 4.90 Å². The maximum Gasteiger partial charge on any atom is 0.269 e. The molecule has 1 atom stereocenters. The molecule has 0 bridgehead atoms. The van der Waals surface area contributed by atoms with Gasteiger partial charge in [0.1, 0.15) is 0 Å². The monoisotopic (exact) mass is 220 g/mol. The summed E-state index contributed by atoms with van der Waals surface area (Å²) in [5.74, 6) is -0.0277. The van der Waals surface area contributed by atoms with Crippen LogP contribution in [0, 0.1) is 10.1 Å². The van der Waals surface area contributed by atoms with E-state index in [1.54, 1.807) is 17.0 Å². The SMILES string of the molecule is CC(=O)N1c2ccc([N+](=O)[O-])cc2CC1C. The molecule has 0 radical (unpaired) electrons. The Morgan fingerprint density at radius 3 is 2.81 bits per heavy atom. The summed E-state index contributed by atoms with van der Waals surface area (Å²) in [6.45, 7) is 3.44. The van der Waals surface area contributed by atoms with Crippen molar-refractivity contribution in [3.05, 3.63) is 33.9 Å². The Morgan fingerprint density at radius 2 is 2.25 bits per heavy atom. The first-order chi connectivity index (χ1) is 7.50. The summed E-state index contributed by atoms with van der Waals surface area (Å²) in [5.41, 5.74) is 1.75. The molecule has 5 heteroatoms. The molecule has 1 amide bonds. The van der Waals surface area contributed by atoms with E-state index in [-0.39, 0.29) is 17.6 Å². The summed E-state index contributed by atoms with van der Waals surface area (Å²) in [5, 5.41) is 10.6. The minimum Gasteiger partial charge on any atom is -0.309 e. The average molecular weight is 220 g/mol. The Kier molecular flexibility index (Phi) is 2.38. The summed E-state index contributed by atoms with van der Waals surface area (Å²) in [6.07, 6.45) is 0.677. The molecule has 5 nitrogen and oxygen atoms in total. The highest BCUT2D eigenvalue weighted by Crippen LogP contribution is 2.34. The van der Waals surface area contributed by atoms with Gasteiger partial charge in [-0.3, -0.25) is 14.9 Å². The van der Waals surface area contributed by atoms with E-state index in [0.717, 1.165) is 11.3 Å². The smallest absolute Gasteiger partial charge is 0.269 e. The lowest BCUT2D eigenvalue weighted by molar-refractivity contribution is -0.384. The fraction of sp³-hybridized carbons (Fsp3) is 0.364. The average Bonchev–Trinajstić information content (AvgIpc) is 2.51. The number of nitro benzene ring substituents is 1. The van der Waals surface area contributed by atoms with Gasteiger partial charge in [-0.2, -0.15) is 0 Å².